The van der Waals surface area contributed by atoms with Crippen LogP contribution in [0.2, 0.25) is 0 Å². The van der Waals surface area contributed by atoms with Crippen molar-refractivity contribution in [3.8, 4) is 0 Å². The maximum Gasteiger partial charge on any atom is 0.309 e. The Hall–Kier alpha value is -2.48. The summed E-state index contributed by atoms with van der Waals surface area (Å²) in [6, 6.07) is 1.76. The maximum atomic E-state index is 11.5. The summed E-state index contributed by atoms with van der Waals surface area (Å²) in [6.07, 6.45) is 0.590. The number of carbonyl (C=O) groups excluding carboxylic acids is 1. The van der Waals surface area contributed by atoms with Gasteiger partial charge in [0.2, 0.25) is 5.91 Å². The van der Waals surface area contributed by atoms with Crippen molar-refractivity contribution >= 4 is 23.5 Å². The van der Waals surface area contributed by atoms with E-state index in [0.29, 0.717) is 11.4 Å². The monoisotopic (exact) mass is 267 g/mol. The van der Waals surface area contributed by atoms with E-state index in [1.54, 1.807) is 0 Å². The van der Waals surface area contributed by atoms with Crippen LogP contribution in [-0.4, -0.2) is 39.1 Å². The first-order valence-electron chi connectivity index (χ1n) is 5.33. The van der Waals surface area contributed by atoms with Crippen LogP contribution in [0.25, 0.3) is 0 Å². The lowest BCUT2D eigenvalue weighted by atomic mass is 10.2. The highest BCUT2D eigenvalue weighted by molar-refractivity contribution is 5.96. The summed E-state index contributed by atoms with van der Waals surface area (Å²) in [5.41, 5.74) is 6.04. The van der Waals surface area contributed by atoms with Gasteiger partial charge >= 0.3 is 11.9 Å². The van der Waals surface area contributed by atoms with Crippen molar-refractivity contribution < 1.29 is 24.6 Å². The van der Waals surface area contributed by atoms with Crippen LogP contribution in [-0.2, 0) is 20.8 Å². The SMILES string of the molecule is NC(CC(=O)O)C(=O)Nc1ccc(CC(=O)O)nc1. The van der Waals surface area contributed by atoms with Gasteiger partial charge in [0.25, 0.3) is 0 Å². The first-order chi connectivity index (χ1) is 8.88. The van der Waals surface area contributed by atoms with Gasteiger partial charge in [0.05, 0.1) is 36.5 Å². The largest absolute Gasteiger partial charge is 0.481 e. The van der Waals surface area contributed by atoms with E-state index >= 15 is 0 Å². The fraction of sp³-hybridized carbons (Fsp3) is 0.273. The Kier molecular flexibility index (Phi) is 4.95. The van der Waals surface area contributed by atoms with Crippen molar-refractivity contribution in [2.75, 3.05) is 5.32 Å². The highest BCUT2D eigenvalue weighted by Crippen LogP contribution is 2.07. The quantitative estimate of drug-likeness (QED) is 0.541. The Bertz CT molecular complexity index is 486. The molecule has 1 atom stereocenters. The number of nitrogens with zero attached hydrogens (tertiary/aromatic N) is 1. The highest BCUT2D eigenvalue weighted by atomic mass is 16.4. The smallest absolute Gasteiger partial charge is 0.309 e. The summed E-state index contributed by atoms with van der Waals surface area (Å²) in [5.74, 6) is -2.82. The number of pyridine rings is 1. The van der Waals surface area contributed by atoms with Gasteiger partial charge in [0.15, 0.2) is 0 Å². The molecule has 0 aliphatic heterocycles. The topological polar surface area (TPSA) is 143 Å². The molecule has 0 bridgehead atoms. The van der Waals surface area contributed by atoms with E-state index in [-0.39, 0.29) is 6.42 Å². The van der Waals surface area contributed by atoms with Crippen molar-refractivity contribution in [3.05, 3.63) is 24.0 Å². The van der Waals surface area contributed by atoms with E-state index in [4.69, 9.17) is 15.9 Å². The molecule has 8 heteroatoms. The summed E-state index contributed by atoms with van der Waals surface area (Å²) in [5, 5.41) is 19.4. The van der Waals surface area contributed by atoms with Gasteiger partial charge < -0.3 is 21.3 Å². The predicted octanol–water partition coefficient (Wildman–Crippen LogP) is -0.551. The summed E-state index contributed by atoms with van der Waals surface area (Å²) >= 11 is 0. The van der Waals surface area contributed by atoms with Crippen molar-refractivity contribution in [3.63, 3.8) is 0 Å². The number of aromatic nitrogens is 1. The summed E-state index contributed by atoms with van der Waals surface area (Å²) in [7, 11) is 0. The molecule has 0 spiro atoms. The van der Waals surface area contributed by atoms with Gasteiger partial charge in [-0.15, -0.1) is 0 Å². The molecule has 0 saturated carbocycles. The molecule has 0 aliphatic rings. The van der Waals surface area contributed by atoms with Gasteiger partial charge in [-0.1, -0.05) is 0 Å². The molecule has 0 saturated heterocycles. The average Bonchev–Trinajstić information content (AvgIpc) is 2.30. The lowest BCUT2D eigenvalue weighted by Gasteiger charge is -2.10. The van der Waals surface area contributed by atoms with E-state index in [0.717, 1.165) is 0 Å². The van der Waals surface area contributed by atoms with Crippen LogP contribution in [0.1, 0.15) is 12.1 Å². The zero-order valence-electron chi connectivity index (χ0n) is 9.87. The fourth-order valence-electron chi connectivity index (χ4n) is 1.27. The number of nitrogens with one attached hydrogen (secondary N) is 1. The van der Waals surface area contributed by atoms with Gasteiger partial charge in [-0.25, -0.2) is 0 Å². The fourth-order valence-corrected chi connectivity index (χ4v) is 1.27. The first-order valence-corrected chi connectivity index (χ1v) is 5.33. The van der Waals surface area contributed by atoms with Crippen LogP contribution < -0.4 is 11.1 Å². The van der Waals surface area contributed by atoms with Crippen LogP contribution in [0.3, 0.4) is 0 Å². The van der Waals surface area contributed by atoms with Gasteiger partial charge in [-0.05, 0) is 12.1 Å². The van der Waals surface area contributed by atoms with E-state index in [1.165, 1.54) is 18.3 Å². The van der Waals surface area contributed by atoms with Crippen LogP contribution >= 0.6 is 0 Å². The minimum absolute atomic E-state index is 0.216. The Balaban J connectivity index is 2.60. The van der Waals surface area contributed by atoms with Crippen molar-refractivity contribution in [2.45, 2.75) is 18.9 Å². The van der Waals surface area contributed by atoms with Crippen LogP contribution in [0.5, 0.6) is 0 Å². The molecule has 102 valence electrons. The number of carboxylic acids is 2. The zero-order chi connectivity index (χ0) is 14.4. The van der Waals surface area contributed by atoms with E-state index < -0.39 is 30.3 Å². The molecule has 0 aromatic carbocycles. The molecule has 0 fully saturated rings. The second-order valence-electron chi connectivity index (χ2n) is 3.80. The number of nitrogens with two attached hydrogens (primary N) is 1. The van der Waals surface area contributed by atoms with E-state index in [1.807, 2.05) is 0 Å². The minimum Gasteiger partial charge on any atom is -0.481 e. The standard InChI is InChI=1S/C11H13N3O5/c12-8(4-10(17)18)11(19)14-7-2-1-6(13-5-7)3-9(15)16/h1-2,5,8H,3-4,12H2,(H,14,19)(H,15,16)(H,17,18). The summed E-state index contributed by atoms with van der Waals surface area (Å²) in [6.45, 7) is 0. The second kappa shape index (κ2) is 6.45. The second-order valence-corrected chi connectivity index (χ2v) is 3.80. The normalized spacial score (nSPS) is 11.6. The Morgan fingerprint density at radius 1 is 1.26 bits per heavy atom. The molecular formula is C11H13N3O5. The molecule has 1 unspecified atom stereocenters. The maximum absolute atomic E-state index is 11.5. The van der Waals surface area contributed by atoms with Gasteiger partial charge in [0, 0.05) is 0 Å². The number of amides is 1. The summed E-state index contributed by atoms with van der Waals surface area (Å²) < 4.78 is 0. The van der Waals surface area contributed by atoms with Crippen LogP contribution in [0.4, 0.5) is 5.69 Å². The molecule has 8 nitrogen and oxygen atoms in total. The molecule has 1 aromatic rings. The highest BCUT2D eigenvalue weighted by Gasteiger charge is 2.17. The molecule has 5 N–H and O–H groups in total. The number of hydrogen-bond acceptors (Lipinski definition) is 5. The number of aliphatic carboxylic acids is 2. The minimum atomic E-state index is -1.17. The number of hydrogen-bond donors (Lipinski definition) is 4. The van der Waals surface area contributed by atoms with Crippen molar-refractivity contribution in [1.82, 2.24) is 4.98 Å². The average molecular weight is 267 g/mol. The van der Waals surface area contributed by atoms with Crippen LogP contribution in [0, 0.1) is 0 Å². The molecule has 1 heterocycles. The molecule has 1 amide bonds. The van der Waals surface area contributed by atoms with Gasteiger partial charge in [-0.2, -0.15) is 0 Å². The molecule has 19 heavy (non-hydrogen) atoms. The van der Waals surface area contributed by atoms with E-state index in [9.17, 15) is 14.4 Å². The van der Waals surface area contributed by atoms with Crippen molar-refractivity contribution in [1.29, 1.82) is 0 Å². The molecule has 0 radical (unpaired) electrons. The lowest BCUT2D eigenvalue weighted by Crippen LogP contribution is -2.37. The number of carbonyl (C=O) groups is 3. The number of rotatable bonds is 6. The lowest BCUT2D eigenvalue weighted by molar-refractivity contribution is -0.139. The van der Waals surface area contributed by atoms with Gasteiger partial charge in [0.1, 0.15) is 0 Å². The first kappa shape index (κ1) is 14.6. The Labute approximate surface area is 108 Å². The zero-order valence-corrected chi connectivity index (χ0v) is 9.87. The van der Waals surface area contributed by atoms with Crippen molar-refractivity contribution in [2.24, 2.45) is 5.73 Å². The predicted molar refractivity (Wildman–Crippen MR) is 64.4 cm³/mol. The van der Waals surface area contributed by atoms with Crippen LogP contribution in [0.15, 0.2) is 18.3 Å². The number of carboxylic acid groups (broad SMARTS) is 2. The molecule has 0 aliphatic carbocycles. The third kappa shape index (κ3) is 5.13. The molecule has 1 rings (SSSR count). The number of anilines is 1. The third-order valence-electron chi connectivity index (χ3n) is 2.16. The Morgan fingerprint density at radius 2 is 1.95 bits per heavy atom. The van der Waals surface area contributed by atoms with Gasteiger partial charge in [-0.3, -0.25) is 19.4 Å². The summed E-state index contributed by atoms with van der Waals surface area (Å²) in [4.78, 5) is 36.2. The molecule has 1 aromatic heterocycles. The Morgan fingerprint density at radius 3 is 2.42 bits per heavy atom. The third-order valence-corrected chi connectivity index (χ3v) is 2.16. The van der Waals surface area contributed by atoms with E-state index in [2.05, 4.69) is 10.3 Å². The molecular weight excluding hydrogens is 254 g/mol.